The molecule has 2 saturated heterocycles. The molecule has 1 saturated carbocycles. The lowest BCUT2D eigenvalue weighted by Gasteiger charge is -2.40. The van der Waals surface area contributed by atoms with Crippen LogP contribution in [-0.2, 0) is 0 Å². The number of aliphatic hydroxyl groups is 1. The lowest BCUT2D eigenvalue weighted by atomic mass is 9.76. The SMILES string of the molecule is COc1nc(-c2c(Cl)c(C)cc3[nH]ncc23)c(F)c2nc(OC[C@@]34CCCN[C@@H]3CCC4)nc(N3CCC[C@@](C)(O)C3)c12. The van der Waals surface area contributed by atoms with E-state index in [-0.39, 0.29) is 28.5 Å². The van der Waals surface area contributed by atoms with Crippen LogP contribution in [0.5, 0.6) is 11.9 Å². The van der Waals surface area contributed by atoms with Gasteiger partial charge in [0.1, 0.15) is 22.4 Å². The smallest absolute Gasteiger partial charge is 0.319 e. The summed E-state index contributed by atoms with van der Waals surface area (Å²) in [5.74, 6) is -0.0570. The van der Waals surface area contributed by atoms with Crippen LogP contribution in [0.2, 0.25) is 5.02 Å². The van der Waals surface area contributed by atoms with E-state index in [0.29, 0.717) is 64.9 Å². The molecule has 4 aromatic rings. The molecule has 0 bridgehead atoms. The number of aromatic nitrogens is 5. The number of aryl methyl sites for hydroxylation is 1. The van der Waals surface area contributed by atoms with Gasteiger partial charge in [0.05, 0.1) is 36.1 Å². The topological polar surface area (TPSA) is 121 Å². The minimum Gasteiger partial charge on any atom is -0.480 e. The number of halogens is 2. The average molecular weight is 610 g/mol. The maximum atomic E-state index is 16.9. The summed E-state index contributed by atoms with van der Waals surface area (Å²) in [5, 5.41) is 23.1. The lowest BCUT2D eigenvalue weighted by Crippen LogP contribution is -2.49. The number of hydrogen-bond acceptors (Lipinski definition) is 9. The van der Waals surface area contributed by atoms with Crippen molar-refractivity contribution in [1.29, 1.82) is 0 Å². The third kappa shape index (κ3) is 4.85. The Kier molecular flexibility index (Phi) is 7.10. The lowest BCUT2D eigenvalue weighted by molar-refractivity contribution is 0.0446. The number of pyridine rings is 1. The molecule has 0 amide bonds. The zero-order chi connectivity index (χ0) is 29.9. The summed E-state index contributed by atoms with van der Waals surface area (Å²) in [6.45, 7) is 6.07. The first-order valence-electron chi connectivity index (χ1n) is 15.1. The van der Waals surface area contributed by atoms with Gasteiger partial charge in [-0.1, -0.05) is 18.0 Å². The standard InChI is InChI=1S/C31H37ClFN7O3/c1-17-13-19-18(14-35-39-19)21(23(17)32)25-24(33)26-22(28(36-25)42-3)27(40-12-6-8-30(2,41)15-40)38-29(37-26)43-16-31-9-4-7-20(31)34-11-5-10-31/h13-14,20,34,41H,4-12,15-16H2,1-3H3,(H,35,39)/t20-,30-,31-/m1/s1. The number of anilines is 1. The Hall–Kier alpha value is -3.28. The van der Waals surface area contributed by atoms with E-state index >= 15 is 4.39 Å². The molecular weight excluding hydrogens is 573 g/mol. The minimum absolute atomic E-state index is 0.00709. The summed E-state index contributed by atoms with van der Waals surface area (Å²) in [7, 11) is 1.49. The first-order valence-corrected chi connectivity index (χ1v) is 15.5. The average Bonchev–Trinajstić information content (AvgIpc) is 3.64. The van der Waals surface area contributed by atoms with Crippen LogP contribution in [0, 0.1) is 18.2 Å². The highest BCUT2D eigenvalue weighted by Crippen LogP contribution is 2.46. The Balaban J connectivity index is 1.41. The molecule has 1 aromatic carbocycles. The number of aromatic amines is 1. The van der Waals surface area contributed by atoms with E-state index in [2.05, 4.69) is 25.5 Å². The molecule has 3 aromatic heterocycles. The van der Waals surface area contributed by atoms with Crippen molar-refractivity contribution < 1.29 is 19.0 Å². The second-order valence-electron chi connectivity index (χ2n) is 12.7. The van der Waals surface area contributed by atoms with E-state index < -0.39 is 11.4 Å². The van der Waals surface area contributed by atoms with Gasteiger partial charge in [-0.15, -0.1) is 0 Å². The first kappa shape index (κ1) is 28.5. The first-order chi connectivity index (χ1) is 20.7. The summed E-state index contributed by atoms with van der Waals surface area (Å²) in [5.41, 5.74) is 0.997. The van der Waals surface area contributed by atoms with Crippen LogP contribution in [0.4, 0.5) is 10.2 Å². The fourth-order valence-corrected chi connectivity index (χ4v) is 7.72. The summed E-state index contributed by atoms with van der Waals surface area (Å²) in [4.78, 5) is 16.1. The second kappa shape index (κ2) is 10.7. The zero-order valence-electron chi connectivity index (χ0n) is 24.8. The van der Waals surface area contributed by atoms with Crippen LogP contribution in [-0.4, -0.2) is 75.2 Å². The molecule has 3 fully saturated rings. The van der Waals surface area contributed by atoms with Crippen molar-refractivity contribution in [2.75, 3.05) is 38.3 Å². The third-order valence-electron chi connectivity index (χ3n) is 9.62. The molecule has 0 radical (unpaired) electrons. The Morgan fingerprint density at radius 1 is 1.19 bits per heavy atom. The number of ether oxygens (including phenoxy) is 2. The molecule has 3 N–H and O–H groups in total. The molecule has 3 aliphatic rings. The molecule has 7 rings (SSSR count). The van der Waals surface area contributed by atoms with Crippen LogP contribution < -0.4 is 19.7 Å². The van der Waals surface area contributed by atoms with E-state index in [0.717, 1.165) is 50.6 Å². The van der Waals surface area contributed by atoms with Gasteiger partial charge < -0.3 is 24.8 Å². The van der Waals surface area contributed by atoms with Crippen molar-refractivity contribution in [2.45, 2.75) is 70.4 Å². The highest BCUT2D eigenvalue weighted by atomic mass is 35.5. The van der Waals surface area contributed by atoms with Crippen molar-refractivity contribution in [2.24, 2.45) is 5.41 Å². The van der Waals surface area contributed by atoms with E-state index in [9.17, 15) is 5.11 Å². The highest BCUT2D eigenvalue weighted by molar-refractivity contribution is 6.35. The van der Waals surface area contributed by atoms with Crippen LogP contribution >= 0.6 is 11.6 Å². The van der Waals surface area contributed by atoms with Gasteiger partial charge in [0.25, 0.3) is 0 Å². The number of nitrogens with one attached hydrogen (secondary N) is 2. The molecule has 0 unspecified atom stereocenters. The van der Waals surface area contributed by atoms with E-state index in [1.807, 2.05) is 17.9 Å². The highest BCUT2D eigenvalue weighted by Gasteiger charge is 2.45. The van der Waals surface area contributed by atoms with Crippen LogP contribution in [0.15, 0.2) is 12.3 Å². The van der Waals surface area contributed by atoms with Gasteiger partial charge >= 0.3 is 6.01 Å². The number of rotatable bonds is 6. The normalized spacial score (nSPS) is 25.8. The maximum absolute atomic E-state index is 16.9. The zero-order valence-corrected chi connectivity index (χ0v) is 25.5. The Morgan fingerprint density at radius 2 is 2.02 bits per heavy atom. The molecule has 0 spiro atoms. The van der Waals surface area contributed by atoms with E-state index in [1.54, 1.807) is 13.1 Å². The minimum atomic E-state index is -0.929. The predicted molar refractivity (Wildman–Crippen MR) is 164 cm³/mol. The Bertz CT molecular complexity index is 1710. The Morgan fingerprint density at radius 3 is 2.84 bits per heavy atom. The van der Waals surface area contributed by atoms with Gasteiger partial charge in [0, 0.05) is 35.5 Å². The van der Waals surface area contributed by atoms with Gasteiger partial charge in [-0.05, 0) is 70.5 Å². The fraction of sp³-hybridized carbons (Fsp3) is 0.548. The summed E-state index contributed by atoms with van der Waals surface area (Å²) in [6, 6.07) is 2.36. The molecular formula is C31H37ClFN7O3. The van der Waals surface area contributed by atoms with Crippen molar-refractivity contribution in [1.82, 2.24) is 30.5 Å². The largest absolute Gasteiger partial charge is 0.480 e. The number of hydrogen-bond donors (Lipinski definition) is 3. The van der Waals surface area contributed by atoms with E-state index in [1.165, 1.54) is 7.11 Å². The van der Waals surface area contributed by atoms with Gasteiger partial charge in [0.15, 0.2) is 5.82 Å². The molecule has 43 heavy (non-hydrogen) atoms. The molecule has 12 heteroatoms. The van der Waals surface area contributed by atoms with Gasteiger partial charge in [-0.25, -0.2) is 9.37 Å². The summed E-state index contributed by atoms with van der Waals surface area (Å²) >= 11 is 6.80. The third-order valence-corrected chi connectivity index (χ3v) is 10.1. The number of fused-ring (bicyclic) bond motifs is 3. The second-order valence-corrected chi connectivity index (χ2v) is 13.1. The van der Waals surface area contributed by atoms with E-state index in [4.69, 9.17) is 26.1 Å². The molecule has 3 atom stereocenters. The number of piperidine rings is 2. The molecule has 1 aliphatic carbocycles. The number of nitrogens with zero attached hydrogens (tertiary/aromatic N) is 5. The summed E-state index contributed by atoms with van der Waals surface area (Å²) < 4.78 is 29.0. The fourth-order valence-electron chi connectivity index (χ4n) is 7.47. The quantitative estimate of drug-likeness (QED) is 0.266. The molecule has 2 aliphatic heterocycles. The molecule has 5 heterocycles. The van der Waals surface area contributed by atoms with Crippen molar-refractivity contribution in [3.05, 3.63) is 28.7 Å². The predicted octanol–water partition coefficient (Wildman–Crippen LogP) is 5.33. The van der Waals surface area contributed by atoms with Gasteiger partial charge in [-0.2, -0.15) is 15.1 Å². The molecule has 10 nitrogen and oxygen atoms in total. The Labute approximate surface area is 254 Å². The van der Waals surface area contributed by atoms with Crippen molar-refractivity contribution >= 4 is 39.2 Å². The number of H-pyrrole nitrogens is 1. The van der Waals surface area contributed by atoms with Crippen LogP contribution in [0.25, 0.3) is 33.1 Å². The van der Waals surface area contributed by atoms with Crippen LogP contribution in [0.3, 0.4) is 0 Å². The monoisotopic (exact) mass is 609 g/mol. The van der Waals surface area contributed by atoms with Crippen molar-refractivity contribution in [3.63, 3.8) is 0 Å². The molecule has 228 valence electrons. The number of methoxy groups -OCH3 is 1. The van der Waals surface area contributed by atoms with Crippen molar-refractivity contribution in [3.8, 4) is 23.1 Å². The van der Waals surface area contributed by atoms with Gasteiger partial charge in [-0.3, -0.25) is 5.10 Å². The van der Waals surface area contributed by atoms with Crippen LogP contribution in [0.1, 0.15) is 57.4 Å². The van der Waals surface area contributed by atoms with Gasteiger partial charge in [0.2, 0.25) is 5.88 Å². The maximum Gasteiger partial charge on any atom is 0.319 e. The number of benzene rings is 1. The number of β-amino-alcohol motifs (C(OH)–C–C–N with tert-alkyl or cyclic N) is 1. The summed E-state index contributed by atoms with van der Waals surface area (Å²) in [6.07, 6.45) is 8.52.